The van der Waals surface area contributed by atoms with Crippen molar-refractivity contribution in [3.05, 3.63) is 40.2 Å². The number of aromatic nitrogens is 6. The zero-order chi connectivity index (χ0) is 28.6. The highest BCUT2D eigenvalue weighted by atomic mass is 19.1. The van der Waals surface area contributed by atoms with Crippen molar-refractivity contribution in [2.45, 2.75) is 70.2 Å². The molecule has 1 aromatic carbocycles. The van der Waals surface area contributed by atoms with Gasteiger partial charge in [-0.3, -0.25) is 4.90 Å². The van der Waals surface area contributed by atoms with Crippen LogP contribution in [0.5, 0.6) is 5.75 Å². The van der Waals surface area contributed by atoms with E-state index in [0.29, 0.717) is 11.9 Å². The molecule has 0 bridgehead atoms. The summed E-state index contributed by atoms with van der Waals surface area (Å²) in [5, 5.41) is 33.2. The van der Waals surface area contributed by atoms with Crippen molar-refractivity contribution >= 4 is 17.5 Å². The molecule has 4 heterocycles. The number of nitrogens with zero attached hydrogens (tertiary/aromatic N) is 8. The smallest absolute Gasteiger partial charge is 0.368 e. The molecule has 2 aliphatic heterocycles. The molecular formula is C26H33FN10O3. The zero-order valence-corrected chi connectivity index (χ0v) is 22.9. The summed E-state index contributed by atoms with van der Waals surface area (Å²) < 4.78 is 22.8. The number of anilines is 3. The summed E-state index contributed by atoms with van der Waals surface area (Å²) in [7, 11) is 1.43. The summed E-state index contributed by atoms with van der Waals surface area (Å²) in [6, 6.07) is 5.14. The van der Waals surface area contributed by atoms with Gasteiger partial charge in [-0.2, -0.15) is 19.6 Å². The van der Waals surface area contributed by atoms with Crippen LogP contribution in [0.2, 0.25) is 0 Å². The van der Waals surface area contributed by atoms with Gasteiger partial charge in [0.05, 0.1) is 18.0 Å². The quantitative estimate of drug-likeness (QED) is 0.376. The molecule has 0 radical (unpaired) electrons. The number of benzene rings is 1. The molecule has 5 rings (SSSR count). The number of aliphatic hydroxyl groups excluding tert-OH is 1. The van der Waals surface area contributed by atoms with Gasteiger partial charge in [-0.1, -0.05) is 0 Å². The molecule has 2 fully saturated rings. The van der Waals surface area contributed by atoms with Gasteiger partial charge >= 0.3 is 5.69 Å². The summed E-state index contributed by atoms with van der Waals surface area (Å²) >= 11 is 0. The molecule has 0 saturated carbocycles. The Bertz CT molecular complexity index is 1490. The lowest BCUT2D eigenvalue weighted by Gasteiger charge is -2.47. The first-order valence-corrected chi connectivity index (χ1v) is 13.3. The number of aryl methyl sites for hydroxylation is 1. The van der Waals surface area contributed by atoms with E-state index < -0.39 is 17.6 Å². The number of halogens is 1. The van der Waals surface area contributed by atoms with Gasteiger partial charge in [-0.25, -0.2) is 14.2 Å². The number of ether oxygens (including phenoxy) is 1. The number of nitrogens with one attached hydrogen (secondary N) is 2. The molecule has 2 saturated heterocycles. The monoisotopic (exact) mass is 552 g/mol. The summed E-state index contributed by atoms with van der Waals surface area (Å²) in [6.07, 6.45) is 4.73. The molecule has 3 unspecified atom stereocenters. The van der Waals surface area contributed by atoms with Gasteiger partial charge in [0.2, 0.25) is 5.95 Å². The number of hydrogen-bond donors (Lipinski definition) is 3. The molecule has 0 aliphatic carbocycles. The summed E-state index contributed by atoms with van der Waals surface area (Å²) in [6.45, 7) is 6.99. The largest absolute Gasteiger partial charge is 0.489 e. The zero-order valence-electron chi connectivity index (χ0n) is 22.9. The SMILES string of the molecule is CC(O)COc1cc(F)c(Nc2ncc(C#N)c(NC3CC4CCCN4C(C)(C)C3)n2)cc1-n1nnn(C)c1=O. The van der Waals surface area contributed by atoms with Crippen LogP contribution in [-0.2, 0) is 7.05 Å². The Kier molecular flexibility index (Phi) is 7.43. The van der Waals surface area contributed by atoms with Crippen LogP contribution in [0.15, 0.2) is 23.1 Å². The molecule has 3 N–H and O–H groups in total. The van der Waals surface area contributed by atoms with Crippen molar-refractivity contribution in [3.8, 4) is 17.5 Å². The van der Waals surface area contributed by atoms with Gasteiger partial charge in [0, 0.05) is 30.7 Å². The van der Waals surface area contributed by atoms with Crippen LogP contribution < -0.4 is 21.1 Å². The second-order valence-corrected chi connectivity index (χ2v) is 11.0. The Balaban J connectivity index is 1.44. The van der Waals surface area contributed by atoms with Gasteiger partial charge in [0.25, 0.3) is 0 Å². The Morgan fingerprint density at radius 1 is 1.35 bits per heavy atom. The van der Waals surface area contributed by atoms with Crippen LogP contribution in [0.3, 0.4) is 0 Å². The van der Waals surface area contributed by atoms with Gasteiger partial charge in [0.1, 0.15) is 35.5 Å². The van der Waals surface area contributed by atoms with E-state index in [1.54, 1.807) is 0 Å². The van der Waals surface area contributed by atoms with Crippen molar-refractivity contribution in [2.24, 2.45) is 7.05 Å². The Labute approximate surface area is 230 Å². The molecule has 0 amide bonds. The van der Waals surface area contributed by atoms with Gasteiger partial charge < -0.3 is 20.5 Å². The Morgan fingerprint density at radius 3 is 2.85 bits per heavy atom. The lowest BCUT2D eigenvalue weighted by atomic mass is 9.84. The third kappa shape index (κ3) is 5.47. The first kappa shape index (κ1) is 27.5. The number of fused-ring (bicyclic) bond motifs is 1. The van der Waals surface area contributed by atoms with Gasteiger partial charge in [0.15, 0.2) is 5.82 Å². The minimum atomic E-state index is -0.822. The molecule has 212 valence electrons. The fourth-order valence-corrected chi connectivity index (χ4v) is 5.66. The highest BCUT2D eigenvalue weighted by Gasteiger charge is 2.43. The van der Waals surface area contributed by atoms with Crippen molar-refractivity contribution < 1.29 is 14.2 Å². The second-order valence-electron chi connectivity index (χ2n) is 11.0. The summed E-state index contributed by atoms with van der Waals surface area (Å²) in [5.74, 6) is -0.280. The van der Waals surface area contributed by atoms with E-state index in [0.717, 1.165) is 41.2 Å². The molecule has 0 spiro atoms. The highest BCUT2D eigenvalue weighted by Crippen LogP contribution is 2.39. The molecule has 40 heavy (non-hydrogen) atoms. The minimum Gasteiger partial charge on any atom is -0.489 e. The fourth-order valence-electron chi connectivity index (χ4n) is 5.66. The highest BCUT2D eigenvalue weighted by molar-refractivity contribution is 5.64. The lowest BCUT2D eigenvalue weighted by Crippen LogP contribution is -2.55. The fraction of sp³-hybridized carbons (Fsp3) is 0.538. The third-order valence-corrected chi connectivity index (χ3v) is 7.43. The first-order chi connectivity index (χ1) is 19.1. The summed E-state index contributed by atoms with van der Waals surface area (Å²) in [5.41, 5.74) is -0.204. The van der Waals surface area contributed by atoms with Crippen LogP contribution in [0.4, 0.5) is 21.8 Å². The van der Waals surface area contributed by atoms with E-state index in [2.05, 4.69) is 55.8 Å². The van der Waals surface area contributed by atoms with Gasteiger partial charge in [-0.05, 0) is 69.5 Å². The van der Waals surface area contributed by atoms with Crippen LogP contribution in [0, 0.1) is 17.1 Å². The maximum Gasteiger partial charge on any atom is 0.368 e. The van der Waals surface area contributed by atoms with E-state index in [4.69, 9.17) is 4.74 Å². The molecule has 14 heteroatoms. The predicted molar refractivity (Wildman–Crippen MR) is 144 cm³/mol. The van der Waals surface area contributed by atoms with Crippen LogP contribution in [0.1, 0.15) is 52.0 Å². The number of rotatable bonds is 8. The van der Waals surface area contributed by atoms with Crippen LogP contribution >= 0.6 is 0 Å². The molecule has 2 aliphatic rings. The van der Waals surface area contributed by atoms with E-state index in [1.165, 1.54) is 32.7 Å². The first-order valence-electron chi connectivity index (χ1n) is 13.3. The number of tetrazole rings is 1. The Morgan fingerprint density at radius 2 is 2.15 bits per heavy atom. The predicted octanol–water partition coefficient (Wildman–Crippen LogP) is 2.09. The van der Waals surface area contributed by atoms with E-state index in [9.17, 15) is 15.2 Å². The normalized spacial score (nSPS) is 20.9. The number of hydrogen-bond acceptors (Lipinski definition) is 11. The Hall–Kier alpha value is -4.09. The lowest BCUT2D eigenvalue weighted by molar-refractivity contribution is 0.0501. The topological polar surface area (TPSA) is 159 Å². The van der Waals surface area contributed by atoms with Crippen LogP contribution in [0.25, 0.3) is 5.69 Å². The molecule has 3 atom stereocenters. The second kappa shape index (κ2) is 10.8. The molecule has 2 aromatic heterocycles. The van der Waals surface area contributed by atoms with Crippen molar-refractivity contribution in [2.75, 3.05) is 23.8 Å². The average molecular weight is 553 g/mol. The van der Waals surface area contributed by atoms with Crippen molar-refractivity contribution in [3.63, 3.8) is 0 Å². The van der Waals surface area contributed by atoms with Crippen LogP contribution in [-0.4, -0.2) is 76.6 Å². The standard InChI is InChI=1S/C26H33FN10O3/c1-15(38)14-40-22-9-19(27)20(10-21(22)37-25(39)35(4)33-34-37)31-24-29-13-16(12-28)23(32-24)30-17-8-18-6-5-7-36(18)26(2,3)11-17/h9-10,13,15,17-18,38H,5-8,11,14H2,1-4H3,(H2,29,30,31,32). The maximum absolute atomic E-state index is 15.2. The van der Waals surface area contributed by atoms with Crippen molar-refractivity contribution in [1.29, 1.82) is 5.26 Å². The van der Waals surface area contributed by atoms with E-state index in [1.807, 2.05) is 0 Å². The van der Waals surface area contributed by atoms with E-state index in [-0.39, 0.29) is 46.8 Å². The number of aliphatic hydroxyl groups is 1. The summed E-state index contributed by atoms with van der Waals surface area (Å²) in [4.78, 5) is 23.8. The van der Waals surface area contributed by atoms with Gasteiger partial charge in [-0.15, -0.1) is 0 Å². The maximum atomic E-state index is 15.2. The molecular weight excluding hydrogens is 519 g/mol. The minimum absolute atomic E-state index is 0.00415. The molecule has 13 nitrogen and oxygen atoms in total. The third-order valence-electron chi connectivity index (χ3n) is 7.43. The molecule has 3 aromatic rings. The average Bonchev–Trinajstić information content (AvgIpc) is 3.51. The number of nitriles is 1. The van der Waals surface area contributed by atoms with E-state index >= 15 is 4.39 Å². The number of piperidine rings is 1. The van der Waals surface area contributed by atoms with Crippen molar-refractivity contribution in [1.82, 2.24) is 34.7 Å².